The zero-order valence-corrected chi connectivity index (χ0v) is 14.8. The smallest absolute Gasteiger partial charge is 0.332 e. The first-order valence-corrected chi connectivity index (χ1v) is 8.73. The van der Waals surface area contributed by atoms with Crippen molar-refractivity contribution in [2.75, 3.05) is 0 Å². The molecule has 0 saturated carbocycles. The minimum atomic E-state index is -0.422. The van der Waals surface area contributed by atoms with Crippen LogP contribution in [0.2, 0.25) is 0 Å². The number of hydrogen-bond acceptors (Lipinski definition) is 4. The van der Waals surface area contributed by atoms with Gasteiger partial charge in [0.2, 0.25) is 5.91 Å². The second kappa shape index (κ2) is 7.12. The van der Waals surface area contributed by atoms with Crippen LogP contribution in [0.15, 0.2) is 21.0 Å². The standard InChI is InChI=1S/C16H23N3O3S/c1-5-11(4)17-13(20)9-18-12-6-7-23-14(12)15(21)19(16(18)22)8-10(2)3/h6-7,10-11H,5,8-9H2,1-4H3,(H,17,20). The number of hydrogen-bond donors (Lipinski definition) is 1. The number of thiophene rings is 1. The first-order valence-electron chi connectivity index (χ1n) is 7.85. The lowest BCUT2D eigenvalue weighted by Crippen LogP contribution is -2.44. The molecule has 0 aliphatic carbocycles. The van der Waals surface area contributed by atoms with Crippen molar-refractivity contribution in [3.63, 3.8) is 0 Å². The van der Waals surface area contributed by atoms with Crippen molar-refractivity contribution < 1.29 is 4.79 Å². The summed E-state index contributed by atoms with van der Waals surface area (Å²) in [6.07, 6.45) is 0.821. The first kappa shape index (κ1) is 17.5. The van der Waals surface area contributed by atoms with Crippen molar-refractivity contribution in [2.45, 2.75) is 53.2 Å². The Bertz CT molecular complexity index is 816. The molecule has 7 heteroatoms. The van der Waals surface area contributed by atoms with E-state index < -0.39 is 5.69 Å². The molecule has 6 nitrogen and oxygen atoms in total. The van der Waals surface area contributed by atoms with Gasteiger partial charge in [-0.05, 0) is 30.7 Å². The SMILES string of the molecule is CCC(C)NC(=O)Cn1c(=O)n(CC(C)C)c(=O)c2sccc21. The summed E-state index contributed by atoms with van der Waals surface area (Å²) in [6, 6.07) is 1.77. The summed E-state index contributed by atoms with van der Waals surface area (Å²) < 4.78 is 3.15. The Morgan fingerprint density at radius 3 is 2.57 bits per heavy atom. The molecule has 1 atom stereocenters. The van der Waals surface area contributed by atoms with Crippen LogP contribution in [0.5, 0.6) is 0 Å². The van der Waals surface area contributed by atoms with E-state index in [0.717, 1.165) is 6.42 Å². The number of aromatic nitrogens is 2. The maximum atomic E-state index is 12.7. The maximum Gasteiger partial charge on any atom is 0.332 e. The van der Waals surface area contributed by atoms with E-state index in [2.05, 4.69) is 5.32 Å². The lowest BCUT2D eigenvalue weighted by atomic mass is 10.2. The van der Waals surface area contributed by atoms with Gasteiger partial charge >= 0.3 is 5.69 Å². The quantitative estimate of drug-likeness (QED) is 0.873. The van der Waals surface area contributed by atoms with Crippen molar-refractivity contribution in [3.8, 4) is 0 Å². The summed E-state index contributed by atoms with van der Waals surface area (Å²) in [5.41, 5.74) is -0.162. The van der Waals surface area contributed by atoms with Crippen LogP contribution in [0.4, 0.5) is 0 Å². The van der Waals surface area contributed by atoms with E-state index >= 15 is 0 Å². The van der Waals surface area contributed by atoms with Crippen LogP contribution < -0.4 is 16.6 Å². The van der Waals surface area contributed by atoms with Crippen LogP contribution in [-0.2, 0) is 17.9 Å². The molecule has 0 aliphatic heterocycles. The van der Waals surface area contributed by atoms with Crippen LogP contribution >= 0.6 is 11.3 Å². The lowest BCUT2D eigenvalue weighted by Gasteiger charge is -2.15. The second-order valence-corrected chi connectivity index (χ2v) is 7.11. The lowest BCUT2D eigenvalue weighted by molar-refractivity contribution is -0.122. The van der Waals surface area contributed by atoms with Gasteiger partial charge in [0, 0.05) is 12.6 Å². The molecule has 2 aromatic rings. The maximum absolute atomic E-state index is 12.7. The molecule has 1 amide bonds. The topological polar surface area (TPSA) is 73.1 Å². The molecular weight excluding hydrogens is 314 g/mol. The Labute approximate surface area is 138 Å². The van der Waals surface area contributed by atoms with Gasteiger partial charge in [0.15, 0.2) is 0 Å². The molecule has 0 spiro atoms. The highest BCUT2D eigenvalue weighted by Gasteiger charge is 2.17. The predicted molar refractivity (Wildman–Crippen MR) is 93.1 cm³/mol. The van der Waals surface area contributed by atoms with Crippen molar-refractivity contribution in [3.05, 3.63) is 32.3 Å². The van der Waals surface area contributed by atoms with Gasteiger partial charge in [-0.3, -0.25) is 18.7 Å². The molecule has 2 rings (SSSR count). The molecule has 0 radical (unpaired) electrons. The zero-order valence-electron chi connectivity index (χ0n) is 14.0. The molecule has 0 aliphatic rings. The average Bonchev–Trinajstić information content (AvgIpc) is 2.97. The fourth-order valence-electron chi connectivity index (χ4n) is 2.38. The van der Waals surface area contributed by atoms with Crippen molar-refractivity contribution in [2.24, 2.45) is 5.92 Å². The highest BCUT2D eigenvalue weighted by Crippen LogP contribution is 2.15. The Morgan fingerprint density at radius 2 is 1.96 bits per heavy atom. The monoisotopic (exact) mass is 337 g/mol. The van der Waals surface area contributed by atoms with E-state index in [1.54, 1.807) is 11.4 Å². The minimum Gasteiger partial charge on any atom is -0.352 e. The van der Waals surface area contributed by atoms with Gasteiger partial charge in [0.1, 0.15) is 11.2 Å². The van der Waals surface area contributed by atoms with Gasteiger partial charge in [-0.15, -0.1) is 11.3 Å². The number of amides is 1. The van der Waals surface area contributed by atoms with Gasteiger partial charge < -0.3 is 5.32 Å². The molecule has 23 heavy (non-hydrogen) atoms. The minimum absolute atomic E-state index is 0.0535. The Morgan fingerprint density at radius 1 is 1.26 bits per heavy atom. The van der Waals surface area contributed by atoms with Gasteiger partial charge in [0.25, 0.3) is 5.56 Å². The number of carbonyl (C=O) groups excluding carboxylic acids is 1. The van der Waals surface area contributed by atoms with E-state index in [4.69, 9.17) is 0 Å². The molecule has 0 saturated heterocycles. The number of carbonyl (C=O) groups is 1. The number of nitrogens with one attached hydrogen (secondary N) is 1. The third-order valence-corrected chi connectivity index (χ3v) is 4.60. The molecule has 0 aromatic carbocycles. The van der Waals surface area contributed by atoms with E-state index in [9.17, 15) is 14.4 Å². The molecule has 1 N–H and O–H groups in total. The molecule has 2 aromatic heterocycles. The summed E-state index contributed by atoms with van der Waals surface area (Å²) in [4.78, 5) is 37.3. The molecule has 0 fully saturated rings. The zero-order chi connectivity index (χ0) is 17.1. The fourth-order valence-corrected chi connectivity index (χ4v) is 3.22. The number of fused-ring (bicyclic) bond motifs is 1. The number of nitrogens with zero attached hydrogens (tertiary/aromatic N) is 2. The van der Waals surface area contributed by atoms with Gasteiger partial charge in [-0.1, -0.05) is 20.8 Å². The Kier molecular flexibility index (Phi) is 5.41. The van der Waals surface area contributed by atoms with Gasteiger partial charge in [-0.2, -0.15) is 0 Å². The molecule has 2 heterocycles. The van der Waals surface area contributed by atoms with Crippen molar-refractivity contribution in [1.82, 2.24) is 14.5 Å². The van der Waals surface area contributed by atoms with Crippen LogP contribution in [0.1, 0.15) is 34.1 Å². The van der Waals surface area contributed by atoms with Gasteiger partial charge in [0.05, 0.1) is 5.52 Å². The normalized spacial score (nSPS) is 12.7. The Balaban J connectivity index is 2.50. The summed E-state index contributed by atoms with van der Waals surface area (Å²) in [7, 11) is 0. The third-order valence-electron chi connectivity index (χ3n) is 3.71. The first-order chi connectivity index (χ1) is 10.8. The highest BCUT2D eigenvalue weighted by molar-refractivity contribution is 7.17. The second-order valence-electron chi connectivity index (χ2n) is 6.19. The van der Waals surface area contributed by atoms with E-state index in [1.165, 1.54) is 20.5 Å². The van der Waals surface area contributed by atoms with Gasteiger partial charge in [-0.25, -0.2) is 4.79 Å². The molecular formula is C16H23N3O3S. The summed E-state index contributed by atoms with van der Waals surface area (Å²) in [6.45, 7) is 8.07. The molecule has 0 bridgehead atoms. The van der Waals surface area contributed by atoms with Crippen molar-refractivity contribution in [1.29, 1.82) is 0 Å². The van der Waals surface area contributed by atoms with E-state index in [1.807, 2.05) is 27.7 Å². The highest BCUT2D eigenvalue weighted by atomic mass is 32.1. The fraction of sp³-hybridized carbons (Fsp3) is 0.562. The summed E-state index contributed by atoms with van der Waals surface area (Å²) >= 11 is 1.30. The summed E-state index contributed by atoms with van der Waals surface area (Å²) in [5, 5.41) is 4.63. The van der Waals surface area contributed by atoms with Crippen molar-refractivity contribution >= 4 is 27.5 Å². The predicted octanol–water partition coefficient (Wildman–Crippen LogP) is 1.80. The van der Waals surface area contributed by atoms with Crippen LogP contribution in [0.25, 0.3) is 10.2 Å². The molecule has 1 unspecified atom stereocenters. The van der Waals surface area contributed by atoms with Crippen LogP contribution in [0.3, 0.4) is 0 Å². The Hall–Kier alpha value is -1.89. The number of rotatable bonds is 6. The summed E-state index contributed by atoms with van der Waals surface area (Å²) in [5.74, 6) is -0.0519. The van der Waals surface area contributed by atoms with E-state index in [0.29, 0.717) is 16.8 Å². The van der Waals surface area contributed by atoms with E-state index in [-0.39, 0.29) is 30.0 Å². The van der Waals surface area contributed by atoms with Crippen LogP contribution in [0, 0.1) is 5.92 Å². The third kappa shape index (κ3) is 3.72. The molecule has 126 valence electrons. The average molecular weight is 337 g/mol. The van der Waals surface area contributed by atoms with Crippen LogP contribution in [-0.4, -0.2) is 21.1 Å². The largest absolute Gasteiger partial charge is 0.352 e.